The number of anilines is 1. The molecule has 2 aromatic carbocycles. The first-order chi connectivity index (χ1) is 15.2. The zero-order valence-corrected chi connectivity index (χ0v) is 17.6. The van der Waals surface area contributed by atoms with E-state index in [0.717, 1.165) is 48.7 Å². The van der Waals surface area contributed by atoms with Gasteiger partial charge < -0.3 is 20.1 Å². The number of hydrogen-bond donors (Lipinski definition) is 2. The first-order valence-electron chi connectivity index (χ1n) is 10.9. The Hall–Kier alpha value is -3.06. The molecule has 2 aromatic rings. The van der Waals surface area contributed by atoms with Crippen LogP contribution in [0.4, 0.5) is 5.69 Å². The van der Waals surface area contributed by atoms with Crippen LogP contribution < -0.4 is 20.1 Å². The average molecular weight is 424 g/mol. The summed E-state index contributed by atoms with van der Waals surface area (Å²) in [4.78, 5) is 26.7. The van der Waals surface area contributed by atoms with Gasteiger partial charge in [0.1, 0.15) is 13.2 Å². The molecule has 0 aromatic heterocycles. The molecule has 7 nitrogen and oxygen atoms in total. The molecule has 4 rings (SSSR count). The molecule has 164 valence electrons. The molecule has 7 heteroatoms. The summed E-state index contributed by atoms with van der Waals surface area (Å²) in [6, 6.07) is 15.5. The summed E-state index contributed by atoms with van der Waals surface area (Å²) in [7, 11) is 0. The second-order valence-electron chi connectivity index (χ2n) is 8.01. The fraction of sp³-hybridized carbons (Fsp3) is 0.417. The molecule has 0 atom stereocenters. The Labute approximate surface area is 182 Å². The first kappa shape index (κ1) is 21.2. The normalized spacial score (nSPS) is 16.5. The first-order valence-corrected chi connectivity index (χ1v) is 10.9. The number of benzene rings is 2. The summed E-state index contributed by atoms with van der Waals surface area (Å²) in [6.07, 6.45) is 2.82. The van der Waals surface area contributed by atoms with E-state index >= 15 is 0 Å². The Morgan fingerprint density at radius 2 is 1.68 bits per heavy atom. The van der Waals surface area contributed by atoms with Crippen molar-refractivity contribution in [3.63, 3.8) is 0 Å². The van der Waals surface area contributed by atoms with Crippen molar-refractivity contribution < 1.29 is 19.1 Å². The minimum atomic E-state index is -0.00638. The molecule has 2 heterocycles. The summed E-state index contributed by atoms with van der Waals surface area (Å²) in [5, 5.41) is 6.06. The third-order valence-corrected chi connectivity index (χ3v) is 5.62. The standard InChI is InChI=1S/C24H29N3O4/c28-23(9-7-18-6-8-21-22(16-18)31-15-14-30-21)25-20-10-12-27(13-11-20)17-24(29)26-19-4-2-1-3-5-19/h1-6,8,16,20H,7,9-15,17H2,(H,25,28)(H,26,29). The molecule has 2 N–H and O–H groups in total. The van der Waals surface area contributed by atoms with Crippen molar-refractivity contribution in [1.82, 2.24) is 10.2 Å². The van der Waals surface area contributed by atoms with Gasteiger partial charge in [-0.3, -0.25) is 14.5 Å². The minimum absolute atomic E-state index is 0.00638. The van der Waals surface area contributed by atoms with Crippen LogP contribution >= 0.6 is 0 Å². The van der Waals surface area contributed by atoms with Crippen LogP contribution in [0, 0.1) is 0 Å². The number of carbonyl (C=O) groups excluding carboxylic acids is 2. The van der Waals surface area contributed by atoms with Gasteiger partial charge in [0, 0.05) is 31.2 Å². The second-order valence-corrected chi connectivity index (χ2v) is 8.01. The van der Waals surface area contributed by atoms with Crippen LogP contribution in [0.1, 0.15) is 24.8 Å². The lowest BCUT2D eigenvalue weighted by molar-refractivity contribution is -0.122. The third-order valence-electron chi connectivity index (χ3n) is 5.62. The molecular formula is C24H29N3O4. The van der Waals surface area contributed by atoms with E-state index in [1.165, 1.54) is 0 Å². The minimum Gasteiger partial charge on any atom is -0.486 e. The SMILES string of the molecule is O=C(CN1CCC(NC(=O)CCc2ccc3c(c2)OCCO3)CC1)Nc1ccccc1. The molecule has 1 fully saturated rings. The topological polar surface area (TPSA) is 79.9 Å². The van der Waals surface area contributed by atoms with Crippen LogP contribution in [0.5, 0.6) is 11.5 Å². The van der Waals surface area contributed by atoms with Crippen LogP contribution in [0.25, 0.3) is 0 Å². The van der Waals surface area contributed by atoms with Crippen molar-refractivity contribution in [1.29, 1.82) is 0 Å². The van der Waals surface area contributed by atoms with E-state index in [4.69, 9.17) is 9.47 Å². The van der Waals surface area contributed by atoms with E-state index in [0.29, 0.717) is 32.6 Å². The third kappa shape index (κ3) is 6.21. The lowest BCUT2D eigenvalue weighted by Crippen LogP contribution is -2.46. The van der Waals surface area contributed by atoms with Crippen molar-refractivity contribution >= 4 is 17.5 Å². The number of ether oxygens (including phenoxy) is 2. The number of likely N-dealkylation sites (tertiary alicyclic amines) is 1. The van der Waals surface area contributed by atoms with Gasteiger partial charge in [-0.05, 0) is 49.1 Å². The number of nitrogens with zero attached hydrogens (tertiary/aromatic N) is 1. The molecule has 2 aliphatic rings. The highest BCUT2D eigenvalue weighted by molar-refractivity contribution is 5.92. The molecule has 2 amide bonds. The van der Waals surface area contributed by atoms with Gasteiger partial charge in [0.25, 0.3) is 0 Å². The highest BCUT2D eigenvalue weighted by Crippen LogP contribution is 2.31. The molecule has 2 aliphatic heterocycles. The lowest BCUT2D eigenvalue weighted by atomic mass is 10.0. The van der Waals surface area contributed by atoms with E-state index in [9.17, 15) is 9.59 Å². The lowest BCUT2D eigenvalue weighted by Gasteiger charge is -2.31. The van der Waals surface area contributed by atoms with Crippen molar-refractivity contribution in [3.05, 3.63) is 54.1 Å². The molecular weight excluding hydrogens is 394 g/mol. The molecule has 0 unspecified atom stereocenters. The molecule has 1 saturated heterocycles. The van der Waals surface area contributed by atoms with E-state index in [-0.39, 0.29) is 17.9 Å². The molecule has 31 heavy (non-hydrogen) atoms. The number of para-hydroxylation sites is 1. The van der Waals surface area contributed by atoms with E-state index in [2.05, 4.69) is 15.5 Å². The summed E-state index contributed by atoms with van der Waals surface area (Å²) in [5.74, 6) is 1.58. The van der Waals surface area contributed by atoms with Crippen LogP contribution in [-0.2, 0) is 16.0 Å². The van der Waals surface area contributed by atoms with Crippen LogP contribution in [0.2, 0.25) is 0 Å². The monoisotopic (exact) mass is 423 g/mol. The van der Waals surface area contributed by atoms with Gasteiger partial charge in [0.2, 0.25) is 11.8 Å². The Morgan fingerprint density at radius 3 is 2.45 bits per heavy atom. The number of carbonyl (C=O) groups is 2. The second kappa shape index (κ2) is 10.3. The number of piperidine rings is 1. The largest absolute Gasteiger partial charge is 0.486 e. The highest BCUT2D eigenvalue weighted by atomic mass is 16.6. The Kier molecular flexibility index (Phi) is 7.04. The van der Waals surface area contributed by atoms with Gasteiger partial charge in [-0.1, -0.05) is 24.3 Å². The van der Waals surface area contributed by atoms with Crippen molar-refractivity contribution in [3.8, 4) is 11.5 Å². The maximum absolute atomic E-state index is 12.4. The summed E-state index contributed by atoms with van der Waals surface area (Å²) < 4.78 is 11.1. The zero-order valence-electron chi connectivity index (χ0n) is 17.6. The average Bonchev–Trinajstić information content (AvgIpc) is 2.79. The van der Waals surface area contributed by atoms with E-state index in [1.807, 2.05) is 48.5 Å². The smallest absolute Gasteiger partial charge is 0.238 e. The quantitative estimate of drug-likeness (QED) is 0.716. The van der Waals surface area contributed by atoms with Crippen LogP contribution in [-0.4, -0.2) is 55.6 Å². The van der Waals surface area contributed by atoms with Crippen LogP contribution in [0.15, 0.2) is 48.5 Å². The Morgan fingerprint density at radius 1 is 0.935 bits per heavy atom. The number of rotatable bonds is 7. The number of amides is 2. The predicted octanol–water partition coefficient (Wildman–Crippen LogP) is 2.61. The molecule has 0 aliphatic carbocycles. The molecule has 0 radical (unpaired) electrons. The van der Waals surface area contributed by atoms with Gasteiger partial charge >= 0.3 is 0 Å². The fourth-order valence-corrected chi connectivity index (χ4v) is 3.96. The Bertz CT molecular complexity index is 895. The van der Waals surface area contributed by atoms with Gasteiger partial charge in [-0.25, -0.2) is 0 Å². The predicted molar refractivity (Wildman–Crippen MR) is 118 cm³/mol. The van der Waals surface area contributed by atoms with Gasteiger partial charge in [0.05, 0.1) is 6.54 Å². The highest BCUT2D eigenvalue weighted by Gasteiger charge is 2.22. The number of fused-ring (bicyclic) bond motifs is 1. The van der Waals surface area contributed by atoms with Crippen molar-refractivity contribution in [2.45, 2.75) is 31.7 Å². The molecule has 0 spiro atoms. The zero-order chi connectivity index (χ0) is 21.5. The van der Waals surface area contributed by atoms with Gasteiger partial charge in [0.15, 0.2) is 11.5 Å². The van der Waals surface area contributed by atoms with E-state index in [1.54, 1.807) is 0 Å². The maximum Gasteiger partial charge on any atom is 0.238 e. The fourth-order valence-electron chi connectivity index (χ4n) is 3.96. The van der Waals surface area contributed by atoms with Crippen molar-refractivity contribution in [2.24, 2.45) is 0 Å². The van der Waals surface area contributed by atoms with Gasteiger partial charge in [-0.2, -0.15) is 0 Å². The van der Waals surface area contributed by atoms with Crippen LogP contribution in [0.3, 0.4) is 0 Å². The summed E-state index contributed by atoms with van der Waals surface area (Å²) in [6.45, 7) is 3.11. The number of nitrogens with one attached hydrogen (secondary N) is 2. The van der Waals surface area contributed by atoms with Gasteiger partial charge in [-0.15, -0.1) is 0 Å². The van der Waals surface area contributed by atoms with E-state index < -0.39 is 0 Å². The summed E-state index contributed by atoms with van der Waals surface area (Å²) >= 11 is 0. The molecule has 0 saturated carbocycles. The Balaban J connectivity index is 1.15. The number of hydrogen-bond acceptors (Lipinski definition) is 5. The number of aryl methyl sites for hydroxylation is 1. The summed E-state index contributed by atoms with van der Waals surface area (Å²) in [5.41, 5.74) is 1.88. The molecule has 0 bridgehead atoms. The van der Waals surface area contributed by atoms with Crippen molar-refractivity contribution in [2.75, 3.05) is 38.2 Å². The maximum atomic E-state index is 12.4.